The van der Waals surface area contributed by atoms with E-state index in [0.29, 0.717) is 0 Å². The lowest BCUT2D eigenvalue weighted by atomic mass is 9.64. The van der Waals surface area contributed by atoms with Crippen LogP contribution in [0.2, 0.25) is 0 Å². The number of imidazole rings is 1. The summed E-state index contributed by atoms with van der Waals surface area (Å²) in [6.07, 6.45) is 6.00. The first-order valence-corrected chi connectivity index (χ1v) is 12.8. The van der Waals surface area contributed by atoms with Gasteiger partial charge in [-0.15, -0.1) is 4.68 Å². The fraction of sp³-hybridized carbons (Fsp3) is 0.759. The van der Waals surface area contributed by atoms with Crippen LogP contribution in [0.3, 0.4) is 0 Å². The van der Waals surface area contributed by atoms with Gasteiger partial charge < -0.3 is 22.0 Å². The third-order valence-corrected chi connectivity index (χ3v) is 8.04. The van der Waals surface area contributed by atoms with E-state index < -0.39 is 21.7 Å². The smallest absolute Gasteiger partial charge is 0.312 e. The third-order valence-electron chi connectivity index (χ3n) is 8.04. The lowest BCUT2D eigenvalue weighted by Gasteiger charge is -2.37. The Kier molecular flexibility index (Phi) is 20.3. The number of nitrogens with zero attached hydrogens (tertiary/aromatic N) is 4. The highest BCUT2D eigenvalue weighted by Crippen LogP contribution is 2.40. The second-order valence-electron chi connectivity index (χ2n) is 12.0. The van der Waals surface area contributed by atoms with Crippen LogP contribution in [-0.2, 0) is 35.8 Å². The maximum atomic E-state index is 11.4. The van der Waals surface area contributed by atoms with Crippen molar-refractivity contribution in [1.82, 2.24) is 9.74 Å². The summed E-state index contributed by atoms with van der Waals surface area (Å²) < 4.78 is 8.66. The zero-order chi connectivity index (χ0) is 32.2. The molecule has 0 N–H and O–H groups in total. The number of Topliss-reactive ketones (excluding diaryl/α,β-unsaturated/α-hetero) is 3. The summed E-state index contributed by atoms with van der Waals surface area (Å²) in [4.78, 5) is 49.8. The molecule has 40 heavy (non-hydrogen) atoms. The molecule has 0 amide bonds. The van der Waals surface area contributed by atoms with Crippen LogP contribution in [0.15, 0.2) is 18.7 Å². The van der Waals surface area contributed by atoms with Crippen molar-refractivity contribution in [3.05, 3.63) is 18.7 Å². The van der Waals surface area contributed by atoms with Crippen molar-refractivity contribution in [1.29, 1.82) is 0 Å². The number of ether oxygens (including phenoxy) is 1. The highest BCUT2D eigenvalue weighted by molar-refractivity contribution is 5.92. The van der Waals surface area contributed by atoms with Crippen molar-refractivity contribution < 1.29 is 45.7 Å². The van der Waals surface area contributed by atoms with Crippen molar-refractivity contribution in [3.63, 3.8) is 0 Å². The number of aryl methyl sites for hydroxylation is 1. The Labute approximate surface area is 249 Å². The van der Waals surface area contributed by atoms with Gasteiger partial charge in [-0.1, -0.05) is 41.5 Å². The number of hydrogen-bond donors (Lipinski definition) is 0. The summed E-state index contributed by atoms with van der Waals surface area (Å²) in [5.41, 5.74) is -2.62. The van der Waals surface area contributed by atoms with Gasteiger partial charge >= 0.3 is 5.97 Å². The number of halogens is 1. The molecule has 0 spiro atoms. The quantitative estimate of drug-likeness (QED) is 0.246. The molecule has 10 nitrogen and oxygen atoms in total. The van der Waals surface area contributed by atoms with E-state index in [1.165, 1.54) is 27.9 Å². The summed E-state index contributed by atoms with van der Waals surface area (Å²) in [6, 6.07) is 0. The predicted octanol–water partition coefficient (Wildman–Crippen LogP) is 0.641. The summed E-state index contributed by atoms with van der Waals surface area (Å²) >= 11 is 0. The summed E-state index contributed by atoms with van der Waals surface area (Å²) in [7, 11) is 12.6. The average molecular weight is 593 g/mol. The molecule has 1 heterocycles. The Morgan fingerprint density at radius 2 is 1.00 bits per heavy atom. The van der Waals surface area contributed by atoms with Crippen molar-refractivity contribution in [2.45, 2.75) is 76.2 Å². The zero-order valence-electron chi connectivity index (χ0n) is 28.3. The standard InChI is InChI=1S/C10H18O3.C10H18O2.C6H12N3.C3H9NO.ClH/c1-7(11)9(2,3)10(4,5)8(12)13-6;1-7(11)9(3,4)10(5,6)8(2)12;1-7(2)9-5-4-8(3)6-9;1-4(2)5-3;/h1-6H3;1-6H3;4-6H,1-3H3;1-3H3;1H/q;;+1;;/p-1. The second-order valence-corrected chi connectivity index (χ2v) is 12.0. The van der Waals surface area contributed by atoms with E-state index in [9.17, 15) is 19.2 Å². The summed E-state index contributed by atoms with van der Waals surface area (Å²) in [6.45, 7) is 18.8. The molecular weight excluding hydrogens is 536 g/mol. The topological polar surface area (TPSA) is 102 Å². The van der Waals surface area contributed by atoms with Gasteiger partial charge in [0.25, 0.3) is 6.33 Å². The molecule has 0 atom stereocenters. The summed E-state index contributed by atoms with van der Waals surface area (Å²) in [5, 5.41) is 3.62. The minimum atomic E-state index is -0.784. The van der Waals surface area contributed by atoms with Gasteiger partial charge in [0.05, 0.1) is 26.7 Å². The molecule has 0 saturated carbocycles. The molecule has 11 heteroatoms. The van der Waals surface area contributed by atoms with Crippen LogP contribution in [-0.4, -0.2) is 75.5 Å². The SMILES string of the molecule is CC(=O)C(C)(C)C(C)(C)C(C)=O.CN(C)n1cc[n+](C)c1.COC(=O)C(C)(C)C(C)(C)C(C)=O.CON(C)C.[Cl-]. The lowest BCUT2D eigenvalue weighted by Crippen LogP contribution is -3.00. The fourth-order valence-corrected chi connectivity index (χ4v) is 2.50. The van der Waals surface area contributed by atoms with Crippen LogP contribution in [0.25, 0.3) is 0 Å². The maximum Gasteiger partial charge on any atom is 0.312 e. The Morgan fingerprint density at radius 1 is 0.700 bits per heavy atom. The van der Waals surface area contributed by atoms with Crippen molar-refractivity contribution >= 4 is 23.3 Å². The van der Waals surface area contributed by atoms with E-state index in [1.807, 2.05) is 95.9 Å². The third kappa shape index (κ3) is 13.4. The summed E-state index contributed by atoms with van der Waals surface area (Å²) in [5.74, 6) is -0.249. The van der Waals surface area contributed by atoms with Crippen LogP contribution >= 0.6 is 0 Å². The number of rotatable bonds is 8. The molecule has 0 unspecified atom stereocenters. The van der Waals surface area contributed by atoms with Crippen molar-refractivity contribution in [2.75, 3.05) is 47.4 Å². The lowest BCUT2D eigenvalue weighted by molar-refractivity contribution is -0.671. The molecule has 0 fully saturated rings. The molecule has 0 aliphatic carbocycles. The van der Waals surface area contributed by atoms with Crippen LogP contribution in [0.1, 0.15) is 76.2 Å². The monoisotopic (exact) mass is 592 g/mol. The molecule has 0 radical (unpaired) electrons. The molecule has 236 valence electrons. The molecule has 0 aliphatic rings. The van der Waals surface area contributed by atoms with E-state index in [2.05, 4.69) is 9.57 Å². The van der Waals surface area contributed by atoms with Crippen molar-refractivity contribution in [3.8, 4) is 0 Å². The van der Waals surface area contributed by atoms with E-state index in [1.54, 1.807) is 39.9 Å². The molecule has 0 aliphatic heterocycles. The molecule has 1 aromatic rings. The Hall–Kier alpha value is -2.30. The number of methoxy groups -OCH3 is 1. The number of hydrogen-bond acceptors (Lipinski definition) is 8. The first kappa shape index (κ1) is 44.7. The van der Waals surface area contributed by atoms with Gasteiger partial charge in [-0.3, -0.25) is 19.2 Å². The highest BCUT2D eigenvalue weighted by Gasteiger charge is 2.47. The molecule has 0 saturated heterocycles. The van der Waals surface area contributed by atoms with Gasteiger partial charge in [0, 0.05) is 44.4 Å². The van der Waals surface area contributed by atoms with E-state index in [-0.39, 0.29) is 35.7 Å². The number of carbonyl (C=O) groups is 4. The Balaban J connectivity index is -0.000000224. The fourth-order valence-electron chi connectivity index (χ4n) is 2.50. The average Bonchev–Trinajstić information content (AvgIpc) is 3.25. The largest absolute Gasteiger partial charge is 1.00 e. The normalized spacial score (nSPS) is 11.3. The number of ketones is 3. The number of hydroxylamine groups is 2. The number of aromatic nitrogens is 2. The van der Waals surface area contributed by atoms with E-state index in [0.717, 1.165) is 0 Å². The minimum Gasteiger partial charge on any atom is -1.00 e. The Morgan fingerprint density at radius 3 is 1.15 bits per heavy atom. The first-order chi connectivity index (χ1) is 17.3. The van der Waals surface area contributed by atoms with Crippen molar-refractivity contribution in [2.24, 2.45) is 28.7 Å². The van der Waals surface area contributed by atoms with E-state index >= 15 is 0 Å². The van der Waals surface area contributed by atoms with Gasteiger partial charge in [-0.25, -0.2) is 9.58 Å². The van der Waals surface area contributed by atoms with Crippen LogP contribution < -0.4 is 22.0 Å². The van der Waals surface area contributed by atoms with Crippen LogP contribution in [0.5, 0.6) is 0 Å². The van der Waals surface area contributed by atoms with Gasteiger partial charge in [-0.2, -0.15) is 5.06 Å². The zero-order valence-corrected chi connectivity index (χ0v) is 29.1. The molecule has 0 aromatic carbocycles. The van der Waals surface area contributed by atoms with Gasteiger partial charge in [-0.05, 0) is 34.6 Å². The van der Waals surface area contributed by atoms with Gasteiger partial charge in [0.1, 0.15) is 23.5 Å². The van der Waals surface area contributed by atoms with Gasteiger partial charge in [0.2, 0.25) is 0 Å². The maximum absolute atomic E-state index is 11.4. The molecule has 1 rings (SSSR count). The van der Waals surface area contributed by atoms with Crippen LogP contribution in [0, 0.1) is 21.7 Å². The van der Waals surface area contributed by atoms with Crippen LogP contribution in [0.4, 0.5) is 0 Å². The number of carbonyl (C=O) groups excluding carboxylic acids is 4. The highest BCUT2D eigenvalue weighted by atomic mass is 35.5. The predicted molar refractivity (Wildman–Crippen MR) is 156 cm³/mol. The van der Waals surface area contributed by atoms with Gasteiger partial charge in [0.15, 0.2) is 6.20 Å². The minimum absolute atomic E-state index is 0. The number of esters is 1. The molecule has 1 aromatic heterocycles. The van der Waals surface area contributed by atoms with E-state index in [4.69, 9.17) is 0 Å². The second kappa shape index (κ2) is 18.2. The first-order valence-electron chi connectivity index (χ1n) is 12.8. The molecule has 0 bridgehead atoms. The molecular formula is C29H57ClN4O6. The Bertz CT molecular complexity index is 911.